The van der Waals surface area contributed by atoms with Crippen LogP contribution in [-0.2, 0) is 0 Å². The molecule has 11 rings (SSSR count). The lowest BCUT2D eigenvalue weighted by Crippen LogP contribution is -2.00. The van der Waals surface area contributed by atoms with Gasteiger partial charge in [-0.25, -0.2) is 15.0 Å². The largest absolute Gasteiger partial charge is 0.456 e. The average Bonchev–Trinajstić information content (AvgIpc) is 3.99. The van der Waals surface area contributed by atoms with E-state index >= 15 is 0 Å². The molecule has 0 saturated carbocycles. The van der Waals surface area contributed by atoms with Gasteiger partial charge in [0.05, 0.1) is 35.8 Å². The molecule has 5 nitrogen and oxygen atoms in total. The van der Waals surface area contributed by atoms with Gasteiger partial charge in [-0.2, -0.15) is 0 Å². The van der Waals surface area contributed by atoms with Gasteiger partial charge in [-0.1, -0.05) is 115 Å². The molecule has 0 unspecified atom stereocenters. The van der Waals surface area contributed by atoms with Crippen LogP contribution in [0.4, 0.5) is 0 Å². The highest BCUT2D eigenvalue weighted by atomic mass is 32.1. The van der Waals surface area contributed by atoms with Crippen molar-refractivity contribution in [2.45, 2.75) is 0 Å². The topological polar surface area (TPSA) is 56.7 Å². The Morgan fingerprint density at radius 2 is 1.20 bits per heavy atom. The van der Waals surface area contributed by atoms with Gasteiger partial charge in [-0.3, -0.25) is 0 Å². The zero-order valence-corrected chi connectivity index (χ0v) is 27.2. The van der Waals surface area contributed by atoms with E-state index in [9.17, 15) is 5.48 Å². The minimum atomic E-state index is -0.486. The monoisotopic (exact) mass is 680 g/mol. The SMILES string of the molecule is [2H]c1c([2H])c([2H])c2c(sc3c2c([2H])c([2H])c2c3c3c([2H])c([2H])c([2H])c([2H])c3n2-c2cccc3oc4cc(-c5nc(-c6ccccc6)nc(-c6ccccc6)n5)ccc4c23)c1[2H]. The molecule has 0 atom stereocenters. The number of thiophene rings is 1. The van der Waals surface area contributed by atoms with Gasteiger partial charge in [0, 0.05) is 53.0 Å². The Morgan fingerprint density at radius 1 is 0.510 bits per heavy atom. The van der Waals surface area contributed by atoms with E-state index in [1.165, 1.54) is 0 Å². The summed E-state index contributed by atoms with van der Waals surface area (Å²) in [6.45, 7) is 0. The highest BCUT2D eigenvalue weighted by Crippen LogP contribution is 2.45. The molecule has 0 N–H and O–H groups in total. The number of nitrogens with zero attached hydrogens (tertiary/aromatic N) is 4. The quantitative estimate of drug-likeness (QED) is 0.186. The second-order valence-electron chi connectivity index (χ2n) is 12.0. The maximum Gasteiger partial charge on any atom is 0.164 e. The smallest absolute Gasteiger partial charge is 0.164 e. The Bertz CT molecular complexity index is 3660. The lowest BCUT2D eigenvalue weighted by molar-refractivity contribution is 0.669. The van der Waals surface area contributed by atoms with E-state index in [0.717, 1.165) is 22.5 Å². The number of para-hydroxylation sites is 1. The van der Waals surface area contributed by atoms with Crippen LogP contribution in [0.1, 0.15) is 13.7 Å². The molecule has 4 aromatic heterocycles. The Morgan fingerprint density at radius 3 is 1.96 bits per heavy atom. The highest BCUT2D eigenvalue weighted by molar-refractivity contribution is 7.26. The molecular weight excluding hydrogens is 645 g/mol. The van der Waals surface area contributed by atoms with Crippen LogP contribution in [0.15, 0.2) is 162 Å². The molecule has 0 fully saturated rings. The fourth-order valence-electron chi connectivity index (χ4n) is 6.88. The van der Waals surface area contributed by atoms with E-state index in [-0.39, 0.29) is 73.5 Å². The first-order valence-electron chi connectivity index (χ1n) is 21.1. The summed E-state index contributed by atoms with van der Waals surface area (Å²) in [5, 5.41) is 1.82. The van der Waals surface area contributed by atoms with Gasteiger partial charge in [0.25, 0.3) is 0 Å². The van der Waals surface area contributed by atoms with Gasteiger partial charge >= 0.3 is 0 Å². The fourth-order valence-corrected chi connectivity index (χ4v) is 8.00. The van der Waals surface area contributed by atoms with Gasteiger partial charge in [0.15, 0.2) is 17.5 Å². The number of furan rings is 1. The zero-order chi connectivity index (χ0) is 42.2. The molecule has 6 heteroatoms. The molecule has 0 spiro atoms. The van der Waals surface area contributed by atoms with Gasteiger partial charge in [-0.15, -0.1) is 11.3 Å². The van der Waals surface area contributed by atoms with E-state index < -0.39 is 24.2 Å². The first-order chi connectivity index (χ1) is 29.4. The van der Waals surface area contributed by atoms with Crippen molar-refractivity contribution in [3.8, 4) is 39.9 Å². The summed E-state index contributed by atoms with van der Waals surface area (Å²) in [6, 6.07) is 26.3. The van der Waals surface area contributed by atoms with Crippen molar-refractivity contribution < 1.29 is 18.1 Å². The van der Waals surface area contributed by atoms with Crippen molar-refractivity contribution in [3.63, 3.8) is 0 Å². The summed E-state index contributed by atoms with van der Waals surface area (Å²) in [6.07, 6.45) is 0. The number of benzene rings is 7. The third-order valence-corrected chi connectivity index (χ3v) is 10.3. The Labute approximate surface area is 309 Å². The van der Waals surface area contributed by atoms with Crippen LogP contribution >= 0.6 is 11.3 Å². The molecule has 11 aromatic rings. The van der Waals surface area contributed by atoms with Crippen LogP contribution in [0.5, 0.6) is 0 Å². The number of hydrogen-bond donors (Lipinski definition) is 0. The molecule has 4 heterocycles. The summed E-state index contributed by atoms with van der Waals surface area (Å²) in [7, 11) is 0. The van der Waals surface area contributed by atoms with Gasteiger partial charge < -0.3 is 8.98 Å². The van der Waals surface area contributed by atoms with E-state index in [1.807, 2.05) is 78.9 Å². The van der Waals surface area contributed by atoms with Crippen molar-refractivity contribution in [1.82, 2.24) is 19.5 Å². The standard InChI is InChI=1S/C45H26N4OS/c1-3-12-27(13-4-1)43-46-44(28-14-5-2-6-15-28)48-45(47-43)29-22-23-33-38(26-29)50-37-20-11-19-35(40(33)37)49-34-18-9-7-17-32(34)41-36(49)25-24-31-30-16-8-10-21-39(30)51-42(31)41/h1-26H/i7D,8D,9D,10D,16D,17D,18D,21D,24D,25D. The predicted octanol–water partition coefficient (Wildman–Crippen LogP) is 12.2. The molecule has 0 bridgehead atoms. The van der Waals surface area contributed by atoms with Crippen molar-refractivity contribution in [2.75, 3.05) is 0 Å². The zero-order valence-electron chi connectivity index (χ0n) is 36.3. The van der Waals surface area contributed by atoms with Gasteiger partial charge in [0.1, 0.15) is 11.2 Å². The van der Waals surface area contributed by atoms with Crippen LogP contribution in [0.3, 0.4) is 0 Å². The molecule has 0 saturated heterocycles. The Hall–Kier alpha value is -6.63. The van der Waals surface area contributed by atoms with Crippen LogP contribution in [-0.4, -0.2) is 19.5 Å². The van der Waals surface area contributed by atoms with Crippen molar-refractivity contribution >= 4 is 75.3 Å². The molecule has 7 aromatic carbocycles. The van der Waals surface area contributed by atoms with E-state index in [1.54, 1.807) is 22.8 Å². The van der Waals surface area contributed by atoms with Crippen LogP contribution in [0, 0.1) is 0 Å². The number of fused-ring (bicyclic) bond motifs is 10. The second-order valence-corrected chi connectivity index (χ2v) is 13.1. The first-order valence-corrected chi connectivity index (χ1v) is 16.9. The summed E-state index contributed by atoms with van der Waals surface area (Å²) in [4.78, 5) is 14.6. The number of rotatable bonds is 4. The van der Waals surface area contributed by atoms with Crippen molar-refractivity contribution in [1.29, 1.82) is 0 Å². The van der Waals surface area contributed by atoms with E-state index in [4.69, 9.17) is 27.6 Å². The van der Waals surface area contributed by atoms with Crippen LogP contribution in [0.2, 0.25) is 0 Å². The van der Waals surface area contributed by atoms with E-state index in [0.29, 0.717) is 55.4 Å². The van der Waals surface area contributed by atoms with Crippen molar-refractivity contribution in [3.05, 3.63) is 157 Å². The lowest BCUT2D eigenvalue weighted by Gasteiger charge is -2.10. The molecule has 51 heavy (non-hydrogen) atoms. The highest BCUT2D eigenvalue weighted by Gasteiger charge is 2.21. The summed E-state index contributed by atoms with van der Waals surface area (Å²) in [5.74, 6) is 1.42. The Kier molecular flexibility index (Phi) is 4.32. The molecule has 0 aliphatic rings. The lowest BCUT2D eigenvalue weighted by atomic mass is 10.1. The maximum absolute atomic E-state index is 9.54. The average molecular weight is 681 g/mol. The minimum Gasteiger partial charge on any atom is -0.456 e. The van der Waals surface area contributed by atoms with Crippen LogP contribution < -0.4 is 0 Å². The Balaban J connectivity index is 1.21. The predicted molar refractivity (Wildman–Crippen MR) is 211 cm³/mol. The van der Waals surface area contributed by atoms with Gasteiger partial charge in [0.2, 0.25) is 0 Å². The minimum absolute atomic E-state index is 0.0731. The van der Waals surface area contributed by atoms with E-state index in [2.05, 4.69) is 0 Å². The van der Waals surface area contributed by atoms with Crippen molar-refractivity contribution in [2.24, 2.45) is 0 Å². The van der Waals surface area contributed by atoms with Gasteiger partial charge in [-0.05, 0) is 42.4 Å². The second kappa shape index (κ2) is 10.9. The maximum atomic E-state index is 9.54. The third kappa shape index (κ3) is 4.30. The normalized spacial score (nSPS) is 14.7. The molecule has 238 valence electrons. The summed E-state index contributed by atoms with van der Waals surface area (Å²) in [5.41, 5.74) is 3.87. The van der Waals surface area contributed by atoms with Crippen LogP contribution in [0.25, 0.3) is 104 Å². The number of aromatic nitrogens is 4. The fraction of sp³-hybridized carbons (Fsp3) is 0. The summed E-state index contributed by atoms with van der Waals surface area (Å²) < 4.78 is 97.6. The molecule has 0 amide bonds. The molecule has 0 aliphatic carbocycles. The number of hydrogen-bond acceptors (Lipinski definition) is 5. The molecular formula is C45H26N4OS. The molecule has 0 radical (unpaired) electrons. The molecule has 0 aliphatic heterocycles. The third-order valence-electron chi connectivity index (χ3n) is 9.14. The first kappa shape index (κ1) is 20.1. The summed E-state index contributed by atoms with van der Waals surface area (Å²) >= 11 is 1.02.